The molecular formula is C21H26BrN3O. The van der Waals surface area contributed by atoms with Crippen molar-refractivity contribution in [1.29, 1.82) is 0 Å². The quantitative estimate of drug-likeness (QED) is 0.576. The Morgan fingerprint density at radius 2 is 1.81 bits per heavy atom. The zero-order chi connectivity index (χ0) is 19.3. The van der Waals surface area contributed by atoms with Gasteiger partial charge in [0, 0.05) is 18.6 Å². The second-order valence-corrected chi connectivity index (χ2v) is 8.38. The zero-order valence-corrected chi connectivity index (χ0v) is 17.6. The molecule has 0 saturated carbocycles. The van der Waals surface area contributed by atoms with Crippen molar-refractivity contribution >= 4 is 33.7 Å². The van der Waals surface area contributed by atoms with Crippen molar-refractivity contribution in [2.45, 2.75) is 32.6 Å². The number of carbonyl (C=O) groups is 1. The van der Waals surface area contributed by atoms with E-state index in [-0.39, 0.29) is 11.3 Å². The van der Waals surface area contributed by atoms with E-state index in [1.165, 1.54) is 5.56 Å². The third kappa shape index (κ3) is 5.70. The summed E-state index contributed by atoms with van der Waals surface area (Å²) in [6.07, 6.45) is 1.95. The van der Waals surface area contributed by atoms with E-state index in [0.717, 1.165) is 21.3 Å². The molecule has 26 heavy (non-hydrogen) atoms. The molecule has 0 heterocycles. The normalized spacial score (nSPS) is 11.6. The van der Waals surface area contributed by atoms with E-state index in [4.69, 9.17) is 0 Å². The molecule has 2 aromatic rings. The van der Waals surface area contributed by atoms with Crippen LogP contribution in [0.5, 0.6) is 0 Å². The van der Waals surface area contributed by atoms with Gasteiger partial charge in [0.1, 0.15) is 0 Å². The third-order valence-corrected chi connectivity index (χ3v) is 4.68. The minimum atomic E-state index is -0.131. The molecule has 1 N–H and O–H groups in total. The molecule has 2 rings (SSSR count). The van der Waals surface area contributed by atoms with Gasteiger partial charge in [-0.3, -0.25) is 4.79 Å². The fourth-order valence-electron chi connectivity index (χ4n) is 2.49. The van der Waals surface area contributed by atoms with Crippen molar-refractivity contribution in [3.05, 3.63) is 63.6 Å². The molecule has 0 aliphatic carbocycles. The van der Waals surface area contributed by atoms with Gasteiger partial charge >= 0.3 is 0 Å². The molecule has 138 valence electrons. The van der Waals surface area contributed by atoms with Crippen molar-refractivity contribution in [2.24, 2.45) is 5.10 Å². The molecule has 0 bridgehead atoms. The molecule has 5 heteroatoms. The first-order chi connectivity index (χ1) is 12.2. The number of hydrogen-bond donors (Lipinski definition) is 1. The standard InChI is InChI=1S/C21H26BrN3O/c1-21(2,3)17-9-6-15(7-10-17)13-20(26)24-23-14-16-8-11-19(25(4)5)18(22)12-16/h6-12,14H,13H2,1-5H3,(H,24,26). The van der Waals surface area contributed by atoms with Gasteiger partial charge in [-0.2, -0.15) is 5.10 Å². The molecule has 0 aromatic heterocycles. The summed E-state index contributed by atoms with van der Waals surface area (Å²) >= 11 is 3.54. The van der Waals surface area contributed by atoms with Crippen LogP contribution in [0.4, 0.5) is 5.69 Å². The Morgan fingerprint density at radius 3 is 2.35 bits per heavy atom. The number of hydrazone groups is 1. The molecule has 0 spiro atoms. The number of halogens is 1. The average Bonchev–Trinajstić information content (AvgIpc) is 2.54. The van der Waals surface area contributed by atoms with E-state index in [0.29, 0.717) is 6.42 Å². The summed E-state index contributed by atoms with van der Waals surface area (Å²) in [4.78, 5) is 14.1. The Bertz CT molecular complexity index is 790. The van der Waals surface area contributed by atoms with Gasteiger partial charge in [0.2, 0.25) is 5.91 Å². The fourth-order valence-corrected chi connectivity index (χ4v) is 3.24. The summed E-state index contributed by atoms with van der Waals surface area (Å²) in [7, 11) is 3.98. The number of nitrogens with zero attached hydrogens (tertiary/aromatic N) is 2. The first-order valence-electron chi connectivity index (χ1n) is 8.55. The summed E-state index contributed by atoms with van der Waals surface area (Å²) in [5.74, 6) is -0.131. The number of rotatable bonds is 5. The van der Waals surface area contributed by atoms with Gasteiger partial charge in [0.15, 0.2) is 0 Å². The van der Waals surface area contributed by atoms with Gasteiger partial charge in [-0.15, -0.1) is 0 Å². The maximum absolute atomic E-state index is 12.1. The van der Waals surface area contributed by atoms with Gasteiger partial charge in [0.25, 0.3) is 0 Å². The molecule has 0 saturated heterocycles. The molecule has 0 aliphatic rings. The number of carbonyl (C=O) groups excluding carboxylic acids is 1. The van der Waals surface area contributed by atoms with Crippen LogP contribution in [0.1, 0.15) is 37.5 Å². The minimum absolute atomic E-state index is 0.113. The average molecular weight is 416 g/mol. The lowest BCUT2D eigenvalue weighted by Gasteiger charge is -2.19. The summed E-state index contributed by atoms with van der Waals surface area (Å²) < 4.78 is 0.983. The maximum atomic E-state index is 12.1. The van der Waals surface area contributed by atoms with Crippen LogP contribution in [0.15, 0.2) is 52.0 Å². The Kier molecular flexibility index (Phi) is 6.59. The Morgan fingerprint density at radius 1 is 1.15 bits per heavy atom. The second kappa shape index (κ2) is 8.49. The van der Waals surface area contributed by atoms with E-state index < -0.39 is 0 Å². The first kappa shape index (κ1) is 20.2. The SMILES string of the molecule is CN(C)c1ccc(C=NNC(=O)Cc2ccc(C(C)(C)C)cc2)cc1Br. The smallest absolute Gasteiger partial charge is 0.244 e. The van der Waals surface area contributed by atoms with Crippen molar-refractivity contribution in [3.8, 4) is 0 Å². The van der Waals surface area contributed by atoms with Crippen LogP contribution in [-0.2, 0) is 16.6 Å². The minimum Gasteiger partial charge on any atom is -0.377 e. The molecule has 0 aliphatic heterocycles. The Labute approximate surface area is 164 Å². The Hall–Kier alpha value is -2.14. The molecule has 0 radical (unpaired) electrons. The van der Waals surface area contributed by atoms with E-state index in [1.807, 2.05) is 49.3 Å². The van der Waals surface area contributed by atoms with E-state index in [9.17, 15) is 4.79 Å². The van der Waals surface area contributed by atoms with Crippen LogP contribution in [0.3, 0.4) is 0 Å². The maximum Gasteiger partial charge on any atom is 0.244 e. The predicted octanol–water partition coefficient (Wildman–Crippen LogP) is 4.51. The van der Waals surface area contributed by atoms with E-state index in [2.05, 4.69) is 59.4 Å². The van der Waals surface area contributed by atoms with Gasteiger partial charge in [-0.05, 0) is 50.2 Å². The van der Waals surface area contributed by atoms with Crippen LogP contribution < -0.4 is 10.3 Å². The summed E-state index contributed by atoms with van der Waals surface area (Å²) in [6, 6.07) is 14.1. The number of benzene rings is 2. The number of anilines is 1. The number of amides is 1. The van der Waals surface area contributed by atoms with E-state index in [1.54, 1.807) is 6.21 Å². The lowest BCUT2D eigenvalue weighted by Crippen LogP contribution is -2.20. The van der Waals surface area contributed by atoms with Gasteiger partial charge in [-0.1, -0.05) is 51.1 Å². The first-order valence-corrected chi connectivity index (χ1v) is 9.34. The molecule has 2 aromatic carbocycles. The van der Waals surface area contributed by atoms with Crippen LogP contribution in [0, 0.1) is 0 Å². The molecular weight excluding hydrogens is 390 g/mol. The van der Waals surface area contributed by atoms with Gasteiger partial charge in [0.05, 0.1) is 18.3 Å². The van der Waals surface area contributed by atoms with Crippen molar-refractivity contribution in [2.75, 3.05) is 19.0 Å². The van der Waals surface area contributed by atoms with Crippen molar-refractivity contribution < 1.29 is 4.79 Å². The van der Waals surface area contributed by atoms with Crippen LogP contribution in [0.2, 0.25) is 0 Å². The van der Waals surface area contributed by atoms with Crippen molar-refractivity contribution in [3.63, 3.8) is 0 Å². The molecule has 1 amide bonds. The molecule has 4 nitrogen and oxygen atoms in total. The topological polar surface area (TPSA) is 44.7 Å². The van der Waals surface area contributed by atoms with E-state index >= 15 is 0 Å². The number of hydrogen-bond acceptors (Lipinski definition) is 3. The lowest BCUT2D eigenvalue weighted by molar-refractivity contribution is -0.120. The molecule has 0 unspecified atom stereocenters. The fraction of sp³-hybridized carbons (Fsp3) is 0.333. The zero-order valence-electron chi connectivity index (χ0n) is 16.0. The van der Waals surface area contributed by atoms with Crippen molar-refractivity contribution in [1.82, 2.24) is 5.43 Å². The summed E-state index contributed by atoms with van der Waals surface area (Å²) in [6.45, 7) is 6.52. The van der Waals surface area contributed by atoms with Crippen LogP contribution in [-0.4, -0.2) is 26.2 Å². The third-order valence-electron chi connectivity index (χ3n) is 4.04. The molecule has 0 fully saturated rings. The largest absolute Gasteiger partial charge is 0.377 e. The molecule has 0 atom stereocenters. The summed E-state index contributed by atoms with van der Waals surface area (Å²) in [5, 5.41) is 4.05. The summed E-state index contributed by atoms with van der Waals surface area (Å²) in [5.41, 5.74) is 6.93. The number of nitrogens with one attached hydrogen (secondary N) is 1. The van der Waals surface area contributed by atoms with Crippen LogP contribution >= 0.6 is 15.9 Å². The lowest BCUT2D eigenvalue weighted by atomic mass is 9.86. The highest BCUT2D eigenvalue weighted by Crippen LogP contribution is 2.25. The van der Waals surface area contributed by atoms with Gasteiger partial charge < -0.3 is 4.90 Å². The monoisotopic (exact) mass is 415 g/mol. The highest BCUT2D eigenvalue weighted by molar-refractivity contribution is 9.10. The van der Waals surface area contributed by atoms with Gasteiger partial charge in [-0.25, -0.2) is 5.43 Å². The highest BCUT2D eigenvalue weighted by Gasteiger charge is 2.13. The Balaban J connectivity index is 1.92. The van der Waals surface area contributed by atoms with Crippen LogP contribution in [0.25, 0.3) is 0 Å². The second-order valence-electron chi connectivity index (χ2n) is 7.52. The predicted molar refractivity (Wildman–Crippen MR) is 113 cm³/mol. The highest BCUT2D eigenvalue weighted by atomic mass is 79.9.